The summed E-state index contributed by atoms with van der Waals surface area (Å²) in [6.07, 6.45) is 1.72. The minimum Gasteiger partial charge on any atom is -0.399 e. The lowest BCUT2D eigenvalue weighted by Crippen LogP contribution is -2.41. The van der Waals surface area contributed by atoms with Gasteiger partial charge in [-0.1, -0.05) is 12.2 Å². The van der Waals surface area contributed by atoms with E-state index >= 15 is 0 Å². The van der Waals surface area contributed by atoms with Gasteiger partial charge in [-0.2, -0.15) is 0 Å². The van der Waals surface area contributed by atoms with E-state index in [4.69, 9.17) is 21.5 Å². The van der Waals surface area contributed by atoms with Gasteiger partial charge in [0.1, 0.15) is 10.5 Å². The van der Waals surface area contributed by atoms with Crippen LogP contribution in [0.5, 0.6) is 0 Å². The van der Waals surface area contributed by atoms with Gasteiger partial charge in [-0.3, -0.25) is 0 Å². The third-order valence-electron chi connectivity index (χ3n) is 3.46. The van der Waals surface area contributed by atoms with E-state index < -0.39 is 7.12 Å². The van der Waals surface area contributed by atoms with E-state index in [1.165, 1.54) is 0 Å². The Kier molecular flexibility index (Phi) is 2.92. The molecule has 1 fully saturated rings. The van der Waals surface area contributed by atoms with Gasteiger partial charge < -0.3 is 14.3 Å². The van der Waals surface area contributed by atoms with Gasteiger partial charge in [0.05, 0.1) is 11.2 Å². The molecule has 0 spiro atoms. The normalized spacial score (nSPS) is 21.8. The summed E-state index contributed by atoms with van der Waals surface area (Å²) in [7, 11) is -0.447. The van der Waals surface area contributed by atoms with Crippen LogP contribution in [-0.2, 0) is 9.31 Å². The maximum Gasteiger partial charge on any atom is 0.499 e. The second-order valence-electron chi connectivity index (χ2n) is 5.34. The summed E-state index contributed by atoms with van der Waals surface area (Å²) < 4.78 is 12.5. The monoisotopic (exact) mass is 252 g/mol. The van der Waals surface area contributed by atoms with Crippen molar-refractivity contribution in [3.63, 3.8) is 0 Å². The van der Waals surface area contributed by atoms with Gasteiger partial charge >= 0.3 is 7.12 Å². The van der Waals surface area contributed by atoms with Crippen LogP contribution in [0.1, 0.15) is 33.5 Å². The van der Waals surface area contributed by atoms with Crippen molar-refractivity contribution in [1.29, 1.82) is 0 Å². The van der Waals surface area contributed by atoms with Crippen LogP contribution in [0.15, 0.2) is 6.20 Å². The summed E-state index contributed by atoms with van der Waals surface area (Å²) in [6.45, 7) is 9.93. The van der Waals surface area contributed by atoms with Gasteiger partial charge in [-0.15, -0.1) is 0 Å². The van der Waals surface area contributed by atoms with E-state index in [0.29, 0.717) is 4.64 Å². The highest BCUT2D eigenvalue weighted by molar-refractivity contribution is 7.71. The summed E-state index contributed by atoms with van der Waals surface area (Å²) in [4.78, 5) is 7.21. The molecule has 0 atom stereocenters. The van der Waals surface area contributed by atoms with E-state index in [1.54, 1.807) is 6.20 Å². The van der Waals surface area contributed by atoms with Crippen LogP contribution in [0.3, 0.4) is 0 Å². The van der Waals surface area contributed by atoms with Crippen molar-refractivity contribution in [3.05, 3.63) is 16.7 Å². The Morgan fingerprint density at radius 1 is 1.24 bits per heavy atom. The summed E-state index contributed by atoms with van der Waals surface area (Å²) in [5.74, 6) is 0.787. The predicted octanol–water partition coefficient (Wildman–Crippen LogP) is 1.75. The second kappa shape index (κ2) is 3.90. The van der Waals surface area contributed by atoms with Crippen LogP contribution >= 0.6 is 12.2 Å². The molecular formula is C11H17BN2O2S. The molecule has 0 bridgehead atoms. The molecule has 1 saturated heterocycles. The molecule has 2 heterocycles. The highest BCUT2D eigenvalue weighted by atomic mass is 32.1. The second-order valence-corrected chi connectivity index (χ2v) is 5.75. The zero-order valence-corrected chi connectivity index (χ0v) is 11.6. The SMILES string of the molecule is Cc1ncc(B2OC(C)(C)C(C)(C)O2)c(=S)[nH]1. The first-order chi connectivity index (χ1) is 7.73. The molecule has 6 heteroatoms. The minimum atomic E-state index is -0.447. The molecule has 1 aromatic heterocycles. The van der Waals surface area contributed by atoms with Crippen molar-refractivity contribution in [1.82, 2.24) is 9.97 Å². The lowest BCUT2D eigenvalue weighted by molar-refractivity contribution is 0.00578. The number of nitrogens with one attached hydrogen (secondary N) is 1. The maximum absolute atomic E-state index is 5.92. The zero-order chi connectivity index (χ0) is 12.8. The standard InChI is InChI=1S/C11H17BN2O2S/c1-7-13-6-8(9(17)14-7)12-15-10(2,3)11(4,5)16-12/h6H,1-5H3,(H,13,14,17). The van der Waals surface area contributed by atoms with E-state index in [9.17, 15) is 0 Å². The molecule has 0 radical (unpaired) electrons. The van der Waals surface area contributed by atoms with Gasteiger partial charge in [-0.05, 0) is 34.6 Å². The number of aromatic nitrogens is 2. The summed E-state index contributed by atoms with van der Waals surface area (Å²) in [6, 6.07) is 0. The quantitative estimate of drug-likeness (QED) is 0.611. The Morgan fingerprint density at radius 2 is 1.76 bits per heavy atom. The Morgan fingerprint density at radius 3 is 2.24 bits per heavy atom. The zero-order valence-electron chi connectivity index (χ0n) is 10.8. The van der Waals surface area contributed by atoms with Gasteiger partial charge in [0, 0.05) is 11.7 Å². The molecule has 0 amide bonds. The van der Waals surface area contributed by atoms with Crippen LogP contribution in [0.4, 0.5) is 0 Å². The van der Waals surface area contributed by atoms with E-state index in [1.807, 2.05) is 34.6 Å². The molecule has 1 aromatic rings. The number of rotatable bonds is 1. The van der Waals surface area contributed by atoms with Crippen LogP contribution in [0.25, 0.3) is 0 Å². The molecule has 2 rings (SSSR count). The average Bonchev–Trinajstić information content (AvgIpc) is 2.35. The van der Waals surface area contributed by atoms with Crippen LogP contribution in [0, 0.1) is 11.6 Å². The number of H-pyrrole nitrogens is 1. The van der Waals surface area contributed by atoms with Crippen LogP contribution in [-0.4, -0.2) is 28.3 Å². The fourth-order valence-electron chi connectivity index (χ4n) is 1.63. The van der Waals surface area contributed by atoms with Crippen molar-refractivity contribution in [2.45, 2.75) is 45.8 Å². The van der Waals surface area contributed by atoms with Crippen molar-refractivity contribution < 1.29 is 9.31 Å². The van der Waals surface area contributed by atoms with Gasteiger partial charge in [0.15, 0.2) is 0 Å². The summed E-state index contributed by atoms with van der Waals surface area (Å²) in [5, 5.41) is 0. The number of hydrogen-bond donors (Lipinski definition) is 1. The average molecular weight is 252 g/mol. The molecule has 1 aliphatic heterocycles. The first kappa shape index (κ1) is 12.7. The third-order valence-corrected chi connectivity index (χ3v) is 3.80. The van der Waals surface area contributed by atoms with Gasteiger partial charge in [0.25, 0.3) is 0 Å². The molecule has 0 saturated carbocycles. The Labute approximate surface area is 107 Å². The fraction of sp³-hybridized carbons (Fsp3) is 0.636. The van der Waals surface area contributed by atoms with Crippen molar-refractivity contribution in [2.75, 3.05) is 0 Å². The summed E-state index contributed by atoms with van der Waals surface area (Å²) >= 11 is 5.27. The van der Waals surface area contributed by atoms with Crippen molar-refractivity contribution in [2.24, 2.45) is 0 Å². The largest absolute Gasteiger partial charge is 0.499 e. The van der Waals surface area contributed by atoms with Crippen LogP contribution < -0.4 is 5.46 Å². The van der Waals surface area contributed by atoms with E-state index in [0.717, 1.165) is 11.3 Å². The number of aryl methyl sites for hydroxylation is 1. The van der Waals surface area contributed by atoms with Crippen molar-refractivity contribution >= 4 is 24.8 Å². The van der Waals surface area contributed by atoms with E-state index in [2.05, 4.69) is 9.97 Å². The first-order valence-corrected chi connectivity index (χ1v) is 6.05. The fourth-order valence-corrected chi connectivity index (χ4v) is 1.93. The first-order valence-electron chi connectivity index (χ1n) is 5.64. The molecule has 92 valence electrons. The predicted molar refractivity (Wildman–Crippen MR) is 69.9 cm³/mol. The molecule has 0 unspecified atom stereocenters. The molecule has 17 heavy (non-hydrogen) atoms. The van der Waals surface area contributed by atoms with Gasteiger partial charge in [-0.25, -0.2) is 4.98 Å². The minimum absolute atomic E-state index is 0.357. The Hall–Kier alpha value is -0.715. The number of hydrogen-bond acceptors (Lipinski definition) is 4. The Balaban J connectivity index is 2.36. The number of aromatic amines is 1. The molecule has 0 aromatic carbocycles. The van der Waals surface area contributed by atoms with E-state index in [-0.39, 0.29) is 11.2 Å². The number of nitrogens with zero attached hydrogens (tertiary/aromatic N) is 1. The van der Waals surface area contributed by atoms with Crippen LogP contribution in [0.2, 0.25) is 0 Å². The molecule has 4 nitrogen and oxygen atoms in total. The smallest absolute Gasteiger partial charge is 0.399 e. The lowest BCUT2D eigenvalue weighted by Gasteiger charge is -2.32. The van der Waals surface area contributed by atoms with Gasteiger partial charge in [0.2, 0.25) is 0 Å². The topological polar surface area (TPSA) is 47.1 Å². The molecule has 0 aliphatic carbocycles. The van der Waals surface area contributed by atoms with Crippen molar-refractivity contribution in [3.8, 4) is 0 Å². The highest BCUT2D eigenvalue weighted by Crippen LogP contribution is 2.36. The highest BCUT2D eigenvalue weighted by Gasteiger charge is 2.52. The molecule has 1 N–H and O–H groups in total. The Bertz CT molecular complexity index is 482. The lowest BCUT2D eigenvalue weighted by atomic mass is 9.81. The maximum atomic E-state index is 5.92. The third kappa shape index (κ3) is 2.17. The summed E-state index contributed by atoms with van der Waals surface area (Å²) in [5.41, 5.74) is 0.0681. The molecular weight excluding hydrogens is 235 g/mol. The molecule has 1 aliphatic rings.